The molecular formula is C32H40N4O2. The SMILES string of the molecule is Cc1nc2ccccc2n1[C@H]1C[C@H]2CC[C@@H](C1)N2CCC1(c2ccccc2)CCN(C(=O)C2(O)CC2)CC1. The van der Waals surface area contributed by atoms with Crippen molar-refractivity contribution in [2.45, 2.75) is 93.9 Å². The van der Waals surface area contributed by atoms with Crippen LogP contribution in [0, 0.1) is 6.92 Å². The molecular weight excluding hydrogens is 472 g/mol. The molecule has 4 heterocycles. The molecule has 1 amide bonds. The topological polar surface area (TPSA) is 61.6 Å². The number of amides is 1. The second kappa shape index (κ2) is 9.20. The number of aryl methyl sites for hydroxylation is 1. The van der Waals surface area contributed by atoms with Crippen molar-refractivity contribution < 1.29 is 9.90 Å². The van der Waals surface area contributed by atoms with Gasteiger partial charge in [0.05, 0.1) is 11.0 Å². The van der Waals surface area contributed by atoms with Crippen molar-refractivity contribution in [1.82, 2.24) is 19.4 Å². The zero-order valence-corrected chi connectivity index (χ0v) is 22.6. The highest BCUT2D eigenvalue weighted by Gasteiger charge is 2.51. The summed E-state index contributed by atoms with van der Waals surface area (Å²) in [5, 5.41) is 10.4. The van der Waals surface area contributed by atoms with Crippen LogP contribution in [0.1, 0.15) is 75.2 Å². The van der Waals surface area contributed by atoms with Gasteiger partial charge in [0.2, 0.25) is 0 Å². The molecule has 3 atom stereocenters. The summed E-state index contributed by atoms with van der Waals surface area (Å²) >= 11 is 0. The fourth-order valence-corrected chi connectivity index (χ4v) is 8.03. The van der Waals surface area contributed by atoms with Crippen LogP contribution in [0.15, 0.2) is 54.6 Å². The molecule has 38 heavy (non-hydrogen) atoms. The van der Waals surface area contributed by atoms with Gasteiger partial charge in [0.25, 0.3) is 5.91 Å². The third-order valence-electron chi connectivity index (χ3n) is 10.4. The average Bonchev–Trinajstić information content (AvgIpc) is 3.54. The van der Waals surface area contributed by atoms with E-state index in [1.165, 1.54) is 36.8 Å². The minimum Gasteiger partial charge on any atom is -0.380 e. The minimum atomic E-state index is -1.06. The molecule has 4 aliphatic rings. The molecule has 4 fully saturated rings. The van der Waals surface area contributed by atoms with E-state index in [1.54, 1.807) is 0 Å². The normalized spacial score (nSPS) is 28.1. The van der Waals surface area contributed by atoms with E-state index in [-0.39, 0.29) is 11.3 Å². The number of aromatic nitrogens is 2. The number of benzene rings is 2. The van der Waals surface area contributed by atoms with Gasteiger partial charge in [-0.3, -0.25) is 9.69 Å². The van der Waals surface area contributed by atoms with Crippen molar-refractivity contribution in [2.24, 2.45) is 0 Å². The van der Waals surface area contributed by atoms with E-state index in [0.29, 0.717) is 31.0 Å². The maximum atomic E-state index is 12.8. The molecule has 6 nitrogen and oxygen atoms in total. The van der Waals surface area contributed by atoms with Gasteiger partial charge >= 0.3 is 0 Å². The molecule has 6 heteroatoms. The zero-order valence-electron chi connectivity index (χ0n) is 22.6. The Labute approximate surface area is 225 Å². The van der Waals surface area contributed by atoms with Gasteiger partial charge in [-0.1, -0.05) is 42.5 Å². The largest absolute Gasteiger partial charge is 0.380 e. The number of hydrogen-bond donors (Lipinski definition) is 1. The van der Waals surface area contributed by atoms with E-state index in [2.05, 4.69) is 71.0 Å². The quantitative estimate of drug-likeness (QED) is 0.506. The molecule has 7 rings (SSSR count). The second-order valence-electron chi connectivity index (χ2n) is 12.5. The first-order valence-corrected chi connectivity index (χ1v) is 14.7. The Morgan fingerprint density at radius 1 is 0.921 bits per heavy atom. The van der Waals surface area contributed by atoms with Crippen LogP contribution >= 0.6 is 0 Å². The van der Waals surface area contributed by atoms with E-state index >= 15 is 0 Å². The molecule has 2 aromatic carbocycles. The number of fused-ring (bicyclic) bond motifs is 3. The molecule has 3 aliphatic heterocycles. The van der Waals surface area contributed by atoms with Crippen LogP contribution in [0.3, 0.4) is 0 Å². The molecule has 1 aliphatic carbocycles. The van der Waals surface area contributed by atoms with Gasteiger partial charge in [0, 0.05) is 31.2 Å². The van der Waals surface area contributed by atoms with Crippen molar-refractivity contribution in [1.29, 1.82) is 0 Å². The summed E-state index contributed by atoms with van der Waals surface area (Å²) in [6, 6.07) is 21.4. The Kier molecular flexibility index (Phi) is 5.89. The molecule has 0 spiro atoms. The fraction of sp³-hybridized carbons (Fsp3) is 0.562. The predicted molar refractivity (Wildman–Crippen MR) is 149 cm³/mol. The highest BCUT2D eigenvalue weighted by atomic mass is 16.3. The predicted octanol–water partition coefficient (Wildman–Crippen LogP) is 4.99. The second-order valence-corrected chi connectivity index (χ2v) is 12.5. The smallest absolute Gasteiger partial charge is 0.254 e. The molecule has 0 radical (unpaired) electrons. The summed E-state index contributed by atoms with van der Waals surface area (Å²) in [7, 11) is 0. The van der Waals surface area contributed by atoms with Gasteiger partial charge in [0.15, 0.2) is 0 Å². The lowest BCUT2D eigenvalue weighted by Gasteiger charge is -2.46. The number of nitrogens with zero attached hydrogens (tertiary/aromatic N) is 4. The highest BCUT2D eigenvalue weighted by Crippen LogP contribution is 2.46. The number of imidazole rings is 1. The molecule has 0 unspecified atom stereocenters. The summed E-state index contributed by atoms with van der Waals surface area (Å²) in [6.07, 6.45) is 9.34. The molecule has 3 saturated heterocycles. The van der Waals surface area contributed by atoms with Gasteiger partial charge in [-0.15, -0.1) is 0 Å². The third-order valence-corrected chi connectivity index (χ3v) is 10.4. The lowest BCUT2D eigenvalue weighted by Crippen LogP contribution is -2.51. The number of carbonyl (C=O) groups excluding carboxylic acids is 1. The first-order chi connectivity index (χ1) is 18.5. The van der Waals surface area contributed by atoms with E-state index in [1.807, 2.05) is 4.90 Å². The molecule has 200 valence electrons. The molecule has 2 bridgehead atoms. The van der Waals surface area contributed by atoms with Crippen LogP contribution in [-0.4, -0.2) is 67.7 Å². The Balaban J connectivity index is 1.07. The van der Waals surface area contributed by atoms with Crippen LogP contribution in [0.2, 0.25) is 0 Å². The number of likely N-dealkylation sites (tertiary alicyclic amines) is 1. The zero-order chi connectivity index (χ0) is 25.9. The highest BCUT2D eigenvalue weighted by molar-refractivity contribution is 5.88. The summed E-state index contributed by atoms with van der Waals surface area (Å²) < 4.78 is 2.52. The van der Waals surface area contributed by atoms with Gasteiger partial charge in [0.1, 0.15) is 11.4 Å². The number of carbonyl (C=O) groups is 1. The average molecular weight is 513 g/mol. The maximum absolute atomic E-state index is 12.8. The van der Waals surface area contributed by atoms with Gasteiger partial charge in [-0.05, 0) is 94.4 Å². The Bertz CT molecular complexity index is 1310. The number of aliphatic hydroxyl groups is 1. The third kappa shape index (κ3) is 4.08. The van der Waals surface area contributed by atoms with E-state index in [9.17, 15) is 9.90 Å². The number of para-hydroxylation sites is 2. The van der Waals surface area contributed by atoms with Crippen molar-refractivity contribution in [2.75, 3.05) is 19.6 Å². The van der Waals surface area contributed by atoms with E-state index in [4.69, 9.17) is 4.98 Å². The van der Waals surface area contributed by atoms with Crippen molar-refractivity contribution >= 4 is 16.9 Å². The van der Waals surface area contributed by atoms with Crippen molar-refractivity contribution in [3.05, 3.63) is 66.0 Å². The molecule has 3 aromatic rings. The maximum Gasteiger partial charge on any atom is 0.254 e. The van der Waals surface area contributed by atoms with Gasteiger partial charge in [-0.2, -0.15) is 0 Å². The molecule has 1 aromatic heterocycles. The molecule has 1 saturated carbocycles. The van der Waals surface area contributed by atoms with Crippen molar-refractivity contribution in [3.63, 3.8) is 0 Å². The van der Waals surface area contributed by atoms with Gasteiger partial charge in [-0.25, -0.2) is 4.98 Å². The fourth-order valence-electron chi connectivity index (χ4n) is 8.03. The Hall–Kier alpha value is -2.70. The summed E-state index contributed by atoms with van der Waals surface area (Å²) in [4.78, 5) is 22.5. The summed E-state index contributed by atoms with van der Waals surface area (Å²) in [6.45, 7) is 4.78. The van der Waals surface area contributed by atoms with Gasteiger partial charge < -0.3 is 14.6 Å². The number of piperidine rings is 2. The summed E-state index contributed by atoms with van der Waals surface area (Å²) in [5.74, 6) is 1.10. The van der Waals surface area contributed by atoms with Crippen LogP contribution in [0.5, 0.6) is 0 Å². The lowest BCUT2D eigenvalue weighted by atomic mass is 9.70. The number of hydrogen-bond acceptors (Lipinski definition) is 4. The van der Waals surface area contributed by atoms with E-state index < -0.39 is 5.60 Å². The van der Waals surface area contributed by atoms with Crippen molar-refractivity contribution in [3.8, 4) is 0 Å². The molecule has 1 N–H and O–H groups in total. The Morgan fingerprint density at radius 3 is 2.26 bits per heavy atom. The minimum absolute atomic E-state index is 0.0402. The first kappa shape index (κ1) is 24.3. The van der Waals surface area contributed by atoms with E-state index in [0.717, 1.165) is 50.2 Å². The van der Waals surface area contributed by atoms with Crippen LogP contribution < -0.4 is 0 Å². The van der Waals surface area contributed by atoms with Crippen LogP contribution in [0.4, 0.5) is 0 Å². The summed E-state index contributed by atoms with van der Waals surface area (Å²) in [5.41, 5.74) is 2.85. The lowest BCUT2D eigenvalue weighted by molar-refractivity contribution is -0.144. The monoisotopic (exact) mass is 512 g/mol. The van der Waals surface area contributed by atoms with Crippen LogP contribution in [0.25, 0.3) is 11.0 Å². The Morgan fingerprint density at radius 2 is 1.58 bits per heavy atom. The standard InChI is InChI=1S/C32H40N4O2/c1-23-33-28-9-5-6-10-29(28)36(23)27-21-25-11-12-26(22-27)35(25)20-17-31(24-7-3-2-4-8-24)15-18-34(19-16-31)30(37)32(38)13-14-32/h2-10,25-27,38H,11-22H2,1H3/t25-,26+,27+. The van der Waals surface area contributed by atoms with Crippen LogP contribution in [-0.2, 0) is 10.2 Å². The number of rotatable bonds is 6. The first-order valence-electron chi connectivity index (χ1n) is 14.7.